The average molecular weight is 424 g/mol. The number of halogens is 5. The van der Waals surface area contributed by atoms with E-state index < -0.39 is 29.5 Å². The number of hydrogen-bond donors (Lipinski definition) is 0. The summed E-state index contributed by atoms with van der Waals surface area (Å²) in [5.41, 5.74) is -0.0166. The van der Waals surface area contributed by atoms with Crippen molar-refractivity contribution in [1.29, 1.82) is 0 Å². The van der Waals surface area contributed by atoms with Gasteiger partial charge < -0.3 is 4.90 Å². The standard InChI is InChI=1S/C22H21F5N2O/c1-14-11-28(8-7-21(14,23)24)12-15-9-17-18(19(10-15)22(25,26)27)13-29(20(17)30)16-5-3-2-4-6-16/h2-6,9-10,14H,7-8,11-13H2,1H3/t14-/m1/s1. The molecule has 0 unspecified atom stereocenters. The third-order valence-corrected chi connectivity index (χ3v) is 5.90. The number of carbonyl (C=O) groups excluding carboxylic acids is 1. The summed E-state index contributed by atoms with van der Waals surface area (Å²) >= 11 is 0. The zero-order chi connectivity index (χ0) is 21.7. The van der Waals surface area contributed by atoms with E-state index in [0.717, 1.165) is 6.07 Å². The van der Waals surface area contributed by atoms with Crippen LogP contribution in [0.4, 0.5) is 27.6 Å². The fourth-order valence-corrected chi connectivity index (χ4v) is 4.20. The molecule has 1 atom stereocenters. The van der Waals surface area contributed by atoms with E-state index in [1.54, 1.807) is 35.2 Å². The van der Waals surface area contributed by atoms with Crippen LogP contribution in [0.5, 0.6) is 0 Å². The number of fused-ring (bicyclic) bond motifs is 1. The number of alkyl halides is 5. The highest BCUT2D eigenvalue weighted by atomic mass is 19.4. The van der Waals surface area contributed by atoms with Gasteiger partial charge in [0.2, 0.25) is 0 Å². The highest BCUT2D eigenvalue weighted by Crippen LogP contribution is 2.40. The summed E-state index contributed by atoms with van der Waals surface area (Å²) in [5, 5.41) is 0. The second-order valence-electron chi connectivity index (χ2n) is 8.04. The first kappa shape index (κ1) is 20.8. The van der Waals surface area contributed by atoms with E-state index in [1.165, 1.54) is 17.9 Å². The minimum absolute atomic E-state index is 0.0269. The number of para-hydroxylation sites is 1. The lowest BCUT2D eigenvalue weighted by atomic mass is 9.94. The van der Waals surface area contributed by atoms with Crippen LogP contribution in [-0.2, 0) is 19.3 Å². The van der Waals surface area contributed by atoms with Gasteiger partial charge >= 0.3 is 6.18 Å². The van der Waals surface area contributed by atoms with Crippen molar-refractivity contribution in [3.63, 3.8) is 0 Å². The molecule has 2 aliphatic rings. The van der Waals surface area contributed by atoms with Gasteiger partial charge in [0.15, 0.2) is 0 Å². The number of nitrogens with zero attached hydrogens (tertiary/aromatic N) is 2. The minimum atomic E-state index is -4.62. The molecule has 1 saturated heterocycles. The maximum Gasteiger partial charge on any atom is 0.416 e. The summed E-state index contributed by atoms with van der Waals surface area (Å²) in [5.74, 6) is -4.13. The minimum Gasteiger partial charge on any atom is -0.304 e. The van der Waals surface area contributed by atoms with Crippen LogP contribution in [0, 0.1) is 5.92 Å². The van der Waals surface area contributed by atoms with Crippen LogP contribution in [0.1, 0.15) is 40.4 Å². The third kappa shape index (κ3) is 3.80. The van der Waals surface area contributed by atoms with Crippen molar-refractivity contribution in [2.75, 3.05) is 18.0 Å². The molecule has 2 aromatic rings. The van der Waals surface area contributed by atoms with Crippen molar-refractivity contribution in [2.24, 2.45) is 5.92 Å². The van der Waals surface area contributed by atoms with Gasteiger partial charge in [-0.15, -0.1) is 0 Å². The largest absolute Gasteiger partial charge is 0.416 e. The molecule has 0 aromatic heterocycles. The van der Waals surface area contributed by atoms with Gasteiger partial charge in [0.05, 0.1) is 12.1 Å². The molecule has 4 rings (SSSR count). The Bertz CT molecular complexity index is 958. The summed E-state index contributed by atoms with van der Waals surface area (Å²) in [6.45, 7) is 1.57. The summed E-state index contributed by atoms with van der Waals surface area (Å²) < 4.78 is 68.8. The molecule has 2 heterocycles. The van der Waals surface area contributed by atoms with Crippen molar-refractivity contribution >= 4 is 11.6 Å². The van der Waals surface area contributed by atoms with Crippen LogP contribution in [0.25, 0.3) is 0 Å². The van der Waals surface area contributed by atoms with E-state index in [9.17, 15) is 26.7 Å². The zero-order valence-corrected chi connectivity index (χ0v) is 16.3. The van der Waals surface area contributed by atoms with E-state index in [4.69, 9.17) is 0 Å². The van der Waals surface area contributed by atoms with Crippen molar-refractivity contribution < 1.29 is 26.7 Å². The number of amides is 1. The maximum atomic E-state index is 13.8. The predicted octanol–water partition coefficient (Wildman–Crippen LogP) is 5.34. The summed E-state index contributed by atoms with van der Waals surface area (Å²) in [6.07, 6.45) is -4.94. The van der Waals surface area contributed by atoms with Crippen molar-refractivity contribution in [1.82, 2.24) is 4.90 Å². The lowest BCUT2D eigenvalue weighted by Crippen LogP contribution is -2.45. The average Bonchev–Trinajstić information content (AvgIpc) is 3.01. The number of piperidine rings is 1. The molecule has 0 bridgehead atoms. The molecule has 1 amide bonds. The number of anilines is 1. The van der Waals surface area contributed by atoms with Crippen LogP contribution < -0.4 is 4.90 Å². The lowest BCUT2D eigenvalue weighted by Gasteiger charge is -2.36. The lowest BCUT2D eigenvalue weighted by molar-refractivity contribution is -0.138. The first-order valence-electron chi connectivity index (χ1n) is 9.76. The first-order chi connectivity index (χ1) is 14.1. The number of benzene rings is 2. The predicted molar refractivity (Wildman–Crippen MR) is 102 cm³/mol. The zero-order valence-electron chi connectivity index (χ0n) is 16.3. The highest BCUT2D eigenvalue weighted by Gasteiger charge is 2.42. The monoisotopic (exact) mass is 424 g/mol. The van der Waals surface area contributed by atoms with Gasteiger partial charge in [-0.3, -0.25) is 9.69 Å². The Morgan fingerprint density at radius 1 is 1.13 bits per heavy atom. The molecule has 0 aliphatic carbocycles. The molecule has 0 spiro atoms. The smallest absolute Gasteiger partial charge is 0.304 e. The van der Waals surface area contributed by atoms with E-state index >= 15 is 0 Å². The molecule has 0 N–H and O–H groups in total. The Morgan fingerprint density at radius 2 is 1.83 bits per heavy atom. The highest BCUT2D eigenvalue weighted by molar-refractivity contribution is 6.10. The topological polar surface area (TPSA) is 23.6 Å². The molecule has 0 saturated carbocycles. The molecule has 160 valence electrons. The number of likely N-dealkylation sites (tertiary alicyclic amines) is 1. The van der Waals surface area contributed by atoms with E-state index in [-0.39, 0.29) is 43.7 Å². The fourth-order valence-electron chi connectivity index (χ4n) is 4.20. The molecule has 30 heavy (non-hydrogen) atoms. The van der Waals surface area contributed by atoms with Crippen LogP contribution in [0.3, 0.4) is 0 Å². The normalized spacial score (nSPS) is 21.7. The van der Waals surface area contributed by atoms with Crippen molar-refractivity contribution in [3.05, 3.63) is 64.7 Å². The second-order valence-corrected chi connectivity index (χ2v) is 8.04. The van der Waals surface area contributed by atoms with Crippen LogP contribution in [-0.4, -0.2) is 29.8 Å². The second kappa shape index (κ2) is 7.34. The molecular weight excluding hydrogens is 403 g/mol. The number of hydrogen-bond acceptors (Lipinski definition) is 2. The summed E-state index contributed by atoms with van der Waals surface area (Å²) in [6, 6.07) is 11.1. The van der Waals surface area contributed by atoms with Crippen molar-refractivity contribution in [2.45, 2.75) is 38.5 Å². The van der Waals surface area contributed by atoms with E-state index in [0.29, 0.717) is 11.3 Å². The molecule has 2 aromatic carbocycles. The van der Waals surface area contributed by atoms with Gasteiger partial charge in [-0.1, -0.05) is 25.1 Å². The molecular formula is C22H21F5N2O. The molecule has 2 aliphatic heterocycles. The van der Waals surface area contributed by atoms with Crippen LogP contribution in [0.2, 0.25) is 0 Å². The van der Waals surface area contributed by atoms with Gasteiger partial charge in [-0.25, -0.2) is 8.78 Å². The van der Waals surface area contributed by atoms with Crippen LogP contribution >= 0.6 is 0 Å². The molecule has 0 radical (unpaired) electrons. The van der Waals surface area contributed by atoms with Gasteiger partial charge in [0.25, 0.3) is 11.8 Å². The number of rotatable bonds is 3. The third-order valence-electron chi connectivity index (χ3n) is 5.90. The quantitative estimate of drug-likeness (QED) is 0.621. The molecule has 8 heteroatoms. The molecule has 3 nitrogen and oxygen atoms in total. The maximum absolute atomic E-state index is 13.8. The SMILES string of the molecule is C[C@@H]1CN(Cc2cc3c(c(C(F)(F)F)c2)CN(c2ccccc2)C3=O)CCC1(F)F. The Labute approximate surface area is 171 Å². The van der Waals surface area contributed by atoms with Gasteiger partial charge in [-0.05, 0) is 35.4 Å². The number of carbonyl (C=O) groups is 1. The Kier molecular flexibility index (Phi) is 5.08. The van der Waals surface area contributed by atoms with Crippen molar-refractivity contribution in [3.8, 4) is 0 Å². The van der Waals surface area contributed by atoms with Gasteiger partial charge in [0, 0.05) is 43.2 Å². The Balaban J connectivity index is 1.66. The van der Waals surface area contributed by atoms with E-state index in [2.05, 4.69) is 0 Å². The molecule has 1 fully saturated rings. The fraction of sp³-hybridized carbons (Fsp3) is 0.409. The van der Waals surface area contributed by atoms with E-state index in [1.807, 2.05) is 0 Å². The van der Waals surface area contributed by atoms with Gasteiger partial charge in [-0.2, -0.15) is 13.2 Å². The summed E-state index contributed by atoms with van der Waals surface area (Å²) in [7, 11) is 0. The first-order valence-corrected chi connectivity index (χ1v) is 9.76. The Morgan fingerprint density at radius 3 is 2.47 bits per heavy atom. The van der Waals surface area contributed by atoms with Gasteiger partial charge in [0.1, 0.15) is 0 Å². The summed E-state index contributed by atoms with van der Waals surface area (Å²) in [4.78, 5) is 16.0. The Hall–Kier alpha value is -2.48. The van der Waals surface area contributed by atoms with Crippen LogP contribution in [0.15, 0.2) is 42.5 Å².